The highest BCUT2D eigenvalue weighted by Crippen LogP contribution is 2.20. The molecule has 0 aromatic heterocycles. The minimum Gasteiger partial charge on any atom is -0.352 e. The highest BCUT2D eigenvalue weighted by Gasteiger charge is 2.27. The maximum absolute atomic E-state index is 12.5. The molecular weight excluding hydrogens is 276 g/mol. The van der Waals surface area contributed by atoms with Crippen LogP contribution in [0.4, 0.5) is 0 Å². The highest BCUT2D eigenvalue weighted by atomic mass is 16.2. The lowest BCUT2D eigenvalue weighted by Crippen LogP contribution is -2.43. The number of piperidine rings is 1. The maximum Gasteiger partial charge on any atom is 0.253 e. The van der Waals surface area contributed by atoms with Crippen LogP contribution in [0.3, 0.4) is 0 Å². The number of amides is 2. The van der Waals surface area contributed by atoms with Gasteiger partial charge in [0.1, 0.15) is 0 Å². The summed E-state index contributed by atoms with van der Waals surface area (Å²) in [6.07, 6.45) is 3.12. The lowest BCUT2D eigenvalue weighted by atomic mass is 9.95. The van der Waals surface area contributed by atoms with Crippen LogP contribution < -0.4 is 5.32 Å². The molecule has 1 heterocycles. The SMILES string of the molecule is C=CCNC(=O)C1CCN(C(=O)c2ccc(C)c(C)c2)CC1. The van der Waals surface area contributed by atoms with Crippen LogP contribution in [0.25, 0.3) is 0 Å². The van der Waals surface area contributed by atoms with Crippen LogP contribution in [0.2, 0.25) is 0 Å². The summed E-state index contributed by atoms with van der Waals surface area (Å²) in [5, 5.41) is 2.83. The van der Waals surface area contributed by atoms with Crippen molar-refractivity contribution in [3.63, 3.8) is 0 Å². The van der Waals surface area contributed by atoms with E-state index < -0.39 is 0 Å². The second-order valence-corrected chi connectivity index (χ2v) is 5.90. The summed E-state index contributed by atoms with van der Waals surface area (Å²) in [4.78, 5) is 26.3. The zero-order valence-electron chi connectivity index (χ0n) is 13.4. The van der Waals surface area contributed by atoms with Gasteiger partial charge in [-0.2, -0.15) is 0 Å². The Bertz CT molecular complexity index is 572. The second kappa shape index (κ2) is 7.25. The molecule has 4 nitrogen and oxygen atoms in total. The first-order valence-electron chi connectivity index (χ1n) is 7.78. The predicted molar refractivity (Wildman–Crippen MR) is 87.8 cm³/mol. The molecule has 1 fully saturated rings. The number of aryl methyl sites for hydroxylation is 2. The Hall–Kier alpha value is -2.10. The van der Waals surface area contributed by atoms with Gasteiger partial charge in [-0.25, -0.2) is 0 Å². The molecule has 1 aliphatic heterocycles. The van der Waals surface area contributed by atoms with Gasteiger partial charge in [0.2, 0.25) is 5.91 Å². The molecule has 22 heavy (non-hydrogen) atoms. The van der Waals surface area contributed by atoms with E-state index in [1.54, 1.807) is 6.08 Å². The molecule has 0 radical (unpaired) electrons. The number of nitrogens with one attached hydrogen (secondary N) is 1. The minimum atomic E-state index is 0.00348. The Morgan fingerprint density at radius 2 is 1.95 bits per heavy atom. The molecule has 0 spiro atoms. The number of hydrogen-bond donors (Lipinski definition) is 1. The highest BCUT2D eigenvalue weighted by molar-refractivity contribution is 5.94. The van der Waals surface area contributed by atoms with Crippen molar-refractivity contribution in [3.8, 4) is 0 Å². The third-order valence-electron chi connectivity index (χ3n) is 4.33. The lowest BCUT2D eigenvalue weighted by molar-refractivity contribution is -0.126. The van der Waals surface area contributed by atoms with E-state index in [1.165, 1.54) is 5.56 Å². The molecule has 0 aliphatic carbocycles. The average Bonchev–Trinajstić information content (AvgIpc) is 2.54. The molecule has 4 heteroatoms. The third kappa shape index (κ3) is 3.75. The molecule has 0 saturated carbocycles. The van der Waals surface area contributed by atoms with Gasteiger partial charge < -0.3 is 10.2 Å². The molecule has 118 valence electrons. The van der Waals surface area contributed by atoms with Crippen LogP contribution in [0.15, 0.2) is 30.9 Å². The molecule has 2 amide bonds. The zero-order valence-corrected chi connectivity index (χ0v) is 13.4. The molecule has 1 aromatic carbocycles. The van der Waals surface area contributed by atoms with Gasteiger partial charge in [-0.3, -0.25) is 9.59 Å². The first-order valence-corrected chi connectivity index (χ1v) is 7.78. The predicted octanol–water partition coefficient (Wildman–Crippen LogP) is 2.46. The molecule has 1 aliphatic rings. The fraction of sp³-hybridized carbons (Fsp3) is 0.444. The molecular formula is C18H24N2O2. The van der Waals surface area contributed by atoms with Crippen LogP contribution in [0.1, 0.15) is 34.3 Å². The molecule has 2 rings (SSSR count). The van der Waals surface area contributed by atoms with Crippen LogP contribution in [0.5, 0.6) is 0 Å². The van der Waals surface area contributed by atoms with Gasteiger partial charge in [0.15, 0.2) is 0 Å². The summed E-state index contributed by atoms with van der Waals surface area (Å²) >= 11 is 0. The summed E-state index contributed by atoms with van der Waals surface area (Å²) < 4.78 is 0. The van der Waals surface area contributed by atoms with E-state index in [0.717, 1.165) is 24.0 Å². The van der Waals surface area contributed by atoms with Crippen molar-refractivity contribution < 1.29 is 9.59 Å². The van der Waals surface area contributed by atoms with Gasteiger partial charge >= 0.3 is 0 Å². The average molecular weight is 300 g/mol. The maximum atomic E-state index is 12.5. The van der Waals surface area contributed by atoms with Gasteiger partial charge in [0.25, 0.3) is 5.91 Å². The lowest BCUT2D eigenvalue weighted by Gasteiger charge is -2.31. The molecule has 0 bridgehead atoms. The van der Waals surface area contributed by atoms with E-state index in [-0.39, 0.29) is 17.7 Å². The molecule has 0 atom stereocenters. The zero-order chi connectivity index (χ0) is 16.1. The van der Waals surface area contributed by atoms with Crippen LogP contribution in [-0.4, -0.2) is 36.3 Å². The van der Waals surface area contributed by atoms with Crippen molar-refractivity contribution in [2.24, 2.45) is 5.92 Å². The number of rotatable bonds is 4. The number of benzene rings is 1. The Balaban J connectivity index is 1.93. The van der Waals surface area contributed by atoms with Gasteiger partial charge in [-0.1, -0.05) is 12.1 Å². The van der Waals surface area contributed by atoms with Crippen molar-refractivity contribution in [1.29, 1.82) is 0 Å². The van der Waals surface area contributed by atoms with Crippen LogP contribution in [0, 0.1) is 19.8 Å². The van der Waals surface area contributed by atoms with Crippen LogP contribution in [-0.2, 0) is 4.79 Å². The van der Waals surface area contributed by atoms with Crippen molar-refractivity contribution in [2.45, 2.75) is 26.7 Å². The van der Waals surface area contributed by atoms with E-state index in [0.29, 0.717) is 19.6 Å². The minimum absolute atomic E-state index is 0.00348. The Morgan fingerprint density at radius 3 is 2.55 bits per heavy atom. The normalized spacial score (nSPS) is 15.5. The van der Waals surface area contributed by atoms with Crippen LogP contribution >= 0.6 is 0 Å². The van der Waals surface area contributed by atoms with Gasteiger partial charge in [-0.15, -0.1) is 6.58 Å². The number of carbonyl (C=O) groups excluding carboxylic acids is 2. The molecule has 1 saturated heterocycles. The fourth-order valence-corrected chi connectivity index (χ4v) is 2.72. The first-order chi connectivity index (χ1) is 10.5. The monoisotopic (exact) mass is 300 g/mol. The number of likely N-dealkylation sites (tertiary alicyclic amines) is 1. The first kappa shape index (κ1) is 16.3. The summed E-state index contributed by atoms with van der Waals surface area (Å²) in [5.41, 5.74) is 3.05. The fourth-order valence-electron chi connectivity index (χ4n) is 2.72. The molecule has 0 unspecified atom stereocenters. The summed E-state index contributed by atoms with van der Waals surface area (Å²) in [5.74, 6) is 0.134. The van der Waals surface area contributed by atoms with E-state index in [1.807, 2.05) is 36.9 Å². The van der Waals surface area contributed by atoms with E-state index in [2.05, 4.69) is 11.9 Å². The number of nitrogens with zero attached hydrogens (tertiary/aromatic N) is 1. The number of carbonyl (C=O) groups is 2. The van der Waals surface area contributed by atoms with Gasteiger partial charge in [-0.05, 0) is 49.9 Å². The van der Waals surface area contributed by atoms with Crippen molar-refractivity contribution in [2.75, 3.05) is 19.6 Å². The number of hydrogen-bond acceptors (Lipinski definition) is 2. The van der Waals surface area contributed by atoms with Crippen molar-refractivity contribution in [3.05, 3.63) is 47.5 Å². The summed E-state index contributed by atoms with van der Waals surface area (Å²) in [6, 6.07) is 5.81. The molecule has 1 aromatic rings. The van der Waals surface area contributed by atoms with Crippen molar-refractivity contribution >= 4 is 11.8 Å². The Kier molecular flexibility index (Phi) is 5.36. The van der Waals surface area contributed by atoms with E-state index in [9.17, 15) is 9.59 Å². The standard InChI is InChI=1S/C18H24N2O2/c1-4-9-19-17(21)15-7-10-20(11-8-15)18(22)16-6-5-13(2)14(3)12-16/h4-6,12,15H,1,7-11H2,2-3H3,(H,19,21). The second-order valence-electron chi connectivity index (χ2n) is 5.90. The topological polar surface area (TPSA) is 49.4 Å². The van der Waals surface area contributed by atoms with Gasteiger partial charge in [0, 0.05) is 31.1 Å². The Morgan fingerprint density at radius 1 is 1.27 bits per heavy atom. The van der Waals surface area contributed by atoms with E-state index >= 15 is 0 Å². The quantitative estimate of drug-likeness (QED) is 0.868. The summed E-state index contributed by atoms with van der Waals surface area (Å²) in [7, 11) is 0. The van der Waals surface area contributed by atoms with Gasteiger partial charge in [0.05, 0.1) is 0 Å². The summed E-state index contributed by atoms with van der Waals surface area (Å²) in [6.45, 7) is 9.42. The van der Waals surface area contributed by atoms with Crippen molar-refractivity contribution in [1.82, 2.24) is 10.2 Å². The smallest absolute Gasteiger partial charge is 0.253 e. The third-order valence-corrected chi connectivity index (χ3v) is 4.33. The Labute approximate surface area is 132 Å². The largest absolute Gasteiger partial charge is 0.352 e. The van der Waals surface area contributed by atoms with E-state index in [4.69, 9.17) is 0 Å². The molecule has 1 N–H and O–H groups in total.